The van der Waals surface area contributed by atoms with Crippen molar-refractivity contribution in [2.75, 3.05) is 13.1 Å². The third kappa shape index (κ3) is 4.94. The number of hydrogen-bond donors (Lipinski definition) is 1. The lowest BCUT2D eigenvalue weighted by atomic mass is 10.0. The molecular weight excluding hydrogens is 238 g/mol. The Hall–Kier alpha value is -0.900. The first kappa shape index (κ1) is 14.5. The van der Waals surface area contributed by atoms with E-state index in [2.05, 4.69) is 22.4 Å². The van der Waals surface area contributed by atoms with Gasteiger partial charge in [0.05, 0.1) is 0 Å². The van der Waals surface area contributed by atoms with Crippen LogP contribution in [-0.2, 0) is 6.42 Å². The standard InChI is InChI=1S/C15H27N3O/c1-2-11-16-12-7-10-14-17-18-15(19-14)13-8-5-3-4-6-9-13/h13,16H,2-12H2,1H3. The second-order valence-electron chi connectivity index (χ2n) is 5.58. The molecule has 4 nitrogen and oxygen atoms in total. The summed E-state index contributed by atoms with van der Waals surface area (Å²) < 4.78 is 5.84. The second-order valence-corrected chi connectivity index (χ2v) is 5.58. The average molecular weight is 265 g/mol. The summed E-state index contributed by atoms with van der Waals surface area (Å²) in [6, 6.07) is 0. The Labute approximate surface area is 116 Å². The summed E-state index contributed by atoms with van der Waals surface area (Å²) in [7, 11) is 0. The van der Waals surface area contributed by atoms with E-state index in [1.54, 1.807) is 0 Å². The predicted molar refractivity (Wildman–Crippen MR) is 76.2 cm³/mol. The van der Waals surface area contributed by atoms with Gasteiger partial charge in [0, 0.05) is 12.3 Å². The van der Waals surface area contributed by atoms with Crippen molar-refractivity contribution in [2.24, 2.45) is 0 Å². The van der Waals surface area contributed by atoms with Gasteiger partial charge in [0.2, 0.25) is 11.8 Å². The van der Waals surface area contributed by atoms with Crippen molar-refractivity contribution in [1.82, 2.24) is 15.5 Å². The highest BCUT2D eigenvalue weighted by atomic mass is 16.4. The molecule has 0 aliphatic heterocycles. The Kier molecular flexibility index (Phi) is 6.34. The Morgan fingerprint density at radius 1 is 1.11 bits per heavy atom. The average Bonchev–Trinajstić information content (AvgIpc) is 2.72. The highest BCUT2D eigenvalue weighted by molar-refractivity contribution is 4.92. The van der Waals surface area contributed by atoms with Crippen molar-refractivity contribution in [3.8, 4) is 0 Å². The number of nitrogens with zero attached hydrogens (tertiary/aromatic N) is 2. The summed E-state index contributed by atoms with van der Waals surface area (Å²) in [4.78, 5) is 0. The highest BCUT2D eigenvalue weighted by Crippen LogP contribution is 2.30. The Bertz CT molecular complexity index is 343. The van der Waals surface area contributed by atoms with Gasteiger partial charge < -0.3 is 9.73 Å². The molecule has 2 rings (SSSR count). The van der Waals surface area contributed by atoms with Crippen LogP contribution < -0.4 is 5.32 Å². The molecule has 1 saturated carbocycles. The number of aryl methyl sites for hydroxylation is 1. The highest BCUT2D eigenvalue weighted by Gasteiger charge is 2.20. The lowest BCUT2D eigenvalue weighted by molar-refractivity contribution is 0.391. The van der Waals surface area contributed by atoms with Gasteiger partial charge >= 0.3 is 0 Å². The molecule has 0 spiro atoms. The monoisotopic (exact) mass is 265 g/mol. The molecule has 1 fully saturated rings. The quantitative estimate of drug-likeness (QED) is 0.606. The van der Waals surface area contributed by atoms with E-state index in [1.165, 1.54) is 44.9 Å². The van der Waals surface area contributed by atoms with Crippen LogP contribution in [0.1, 0.15) is 76.0 Å². The summed E-state index contributed by atoms with van der Waals surface area (Å²) in [5.41, 5.74) is 0. The normalized spacial score (nSPS) is 17.5. The summed E-state index contributed by atoms with van der Waals surface area (Å²) in [6.45, 7) is 4.32. The van der Waals surface area contributed by atoms with E-state index in [0.717, 1.165) is 37.7 Å². The molecule has 0 unspecified atom stereocenters. The Balaban J connectivity index is 1.74. The lowest BCUT2D eigenvalue weighted by Crippen LogP contribution is -2.16. The van der Waals surface area contributed by atoms with Gasteiger partial charge in [-0.05, 0) is 38.8 Å². The van der Waals surface area contributed by atoms with Crippen molar-refractivity contribution in [3.05, 3.63) is 11.8 Å². The Morgan fingerprint density at radius 2 is 1.89 bits per heavy atom. The van der Waals surface area contributed by atoms with Crippen LogP contribution >= 0.6 is 0 Å². The first-order valence-corrected chi connectivity index (χ1v) is 7.93. The fourth-order valence-electron chi connectivity index (χ4n) is 2.73. The van der Waals surface area contributed by atoms with Crippen LogP contribution in [0.15, 0.2) is 4.42 Å². The maximum Gasteiger partial charge on any atom is 0.219 e. The zero-order valence-electron chi connectivity index (χ0n) is 12.2. The fraction of sp³-hybridized carbons (Fsp3) is 0.867. The molecule has 1 aliphatic carbocycles. The van der Waals surface area contributed by atoms with Gasteiger partial charge in [0.25, 0.3) is 0 Å². The maximum atomic E-state index is 5.84. The van der Waals surface area contributed by atoms with Gasteiger partial charge in [0.15, 0.2) is 0 Å². The predicted octanol–water partition coefficient (Wildman–Crippen LogP) is 3.44. The van der Waals surface area contributed by atoms with Crippen LogP contribution in [0.4, 0.5) is 0 Å². The molecule has 0 bridgehead atoms. The summed E-state index contributed by atoms with van der Waals surface area (Å²) in [5.74, 6) is 2.22. The molecule has 1 aromatic rings. The number of rotatable bonds is 7. The smallest absolute Gasteiger partial charge is 0.219 e. The van der Waals surface area contributed by atoms with Gasteiger partial charge in [-0.15, -0.1) is 10.2 Å². The molecule has 0 saturated heterocycles. The van der Waals surface area contributed by atoms with Crippen molar-refractivity contribution in [1.29, 1.82) is 0 Å². The van der Waals surface area contributed by atoms with E-state index in [4.69, 9.17) is 4.42 Å². The fourth-order valence-corrected chi connectivity index (χ4v) is 2.73. The van der Waals surface area contributed by atoms with Gasteiger partial charge in [0.1, 0.15) is 0 Å². The van der Waals surface area contributed by atoms with Gasteiger partial charge in [-0.25, -0.2) is 0 Å². The van der Waals surface area contributed by atoms with E-state index in [0.29, 0.717) is 5.92 Å². The van der Waals surface area contributed by atoms with Gasteiger partial charge in [-0.1, -0.05) is 32.6 Å². The van der Waals surface area contributed by atoms with E-state index >= 15 is 0 Å². The van der Waals surface area contributed by atoms with E-state index in [1.807, 2.05) is 0 Å². The van der Waals surface area contributed by atoms with Gasteiger partial charge in [-0.3, -0.25) is 0 Å². The largest absolute Gasteiger partial charge is 0.425 e. The topological polar surface area (TPSA) is 51.0 Å². The molecule has 1 aliphatic rings. The van der Waals surface area contributed by atoms with Crippen LogP contribution in [0, 0.1) is 0 Å². The maximum absolute atomic E-state index is 5.84. The van der Waals surface area contributed by atoms with Crippen molar-refractivity contribution in [3.63, 3.8) is 0 Å². The van der Waals surface area contributed by atoms with Crippen LogP contribution in [0.2, 0.25) is 0 Å². The van der Waals surface area contributed by atoms with Crippen molar-refractivity contribution in [2.45, 2.75) is 70.6 Å². The zero-order valence-corrected chi connectivity index (χ0v) is 12.2. The van der Waals surface area contributed by atoms with Crippen LogP contribution in [0.25, 0.3) is 0 Å². The Morgan fingerprint density at radius 3 is 2.63 bits per heavy atom. The molecule has 1 heterocycles. The number of aromatic nitrogens is 2. The van der Waals surface area contributed by atoms with Gasteiger partial charge in [-0.2, -0.15) is 0 Å². The molecule has 1 N–H and O–H groups in total. The van der Waals surface area contributed by atoms with E-state index in [-0.39, 0.29) is 0 Å². The minimum Gasteiger partial charge on any atom is -0.425 e. The molecule has 0 atom stereocenters. The van der Waals surface area contributed by atoms with Crippen molar-refractivity contribution >= 4 is 0 Å². The summed E-state index contributed by atoms with van der Waals surface area (Å²) in [6.07, 6.45) is 10.9. The molecule has 0 aromatic carbocycles. The van der Waals surface area contributed by atoms with Crippen LogP contribution in [0.3, 0.4) is 0 Å². The lowest BCUT2D eigenvalue weighted by Gasteiger charge is -2.07. The van der Waals surface area contributed by atoms with E-state index in [9.17, 15) is 0 Å². The van der Waals surface area contributed by atoms with Crippen LogP contribution in [0.5, 0.6) is 0 Å². The number of nitrogens with one attached hydrogen (secondary N) is 1. The SMILES string of the molecule is CCCNCCCc1nnc(C2CCCCCC2)o1. The summed E-state index contributed by atoms with van der Waals surface area (Å²) in [5, 5.41) is 11.8. The third-order valence-corrected chi connectivity index (χ3v) is 3.86. The molecule has 0 radical (unpaired) electrons. The van der Waals surface area contributed by atoms with Crippen molar-refractivity contribution < 1.29 is 4.42 Å². The zero-order chi connectivity index (χ0) is 13.3. The minimum absolute atomic E-state index is 0.516. The second kappa shape index (κ2) is 8.31. The minimum atomic E-state index is 0.516. The third-order valence-electron chi connectivity index (χ3n) is 3.86. The first-order valence-electron chi connectivity index (χ1n) is 7.93. The molecular formula is C15H27N3O. The number of hydrogen-bond acceptors (Lipinski definition) is 4. The molecule has 4 heteroatoms. The van der Waals surface area contributed by atoms with Crippen LogP contribution in [-0.4, -0.2) is 23.3 Å². The molecule has 19 heavy (non-hydrogen) atoms. The molecule has 1 aromatic heterocycles. The molecule has 0 amide bonds. The summed E-state index contributed by atoms with van der Waals surface area (Å²) >= 11 is 0. The van der Waals surface area contributed by atoms with E-state index < -0.39 is 0 Å². The first-order chi connectivity index (χ1) is 9.40. The molecule has 108 valence electrons.